The van der Waals surface area contributed by atoms with E-state index in [-0.39, 0.29) is 19.6 Å². The van der Waals surface area contributed by atoms with E-state index in [2.05, 4.69) is 0 Å². The van der Waals surface area contributed by atoms with Crippen LogP contribution in [-0.4, -0.2) is 41.5 Å². The normalized spacial score (nSPS) is 21.7. The predicted octanol–water partition coefficient (Wildman–Crippen LogP) is -0.193. The first-order chi connectivity index (χ1) is 6.73. The monoisotopic (exact) mass is 217 g/mol. The molecule has 0 spiro atoms. The molecule has 0 aromatic rings. The van der Waals surface area contributed by atoms with Gasteiger partial charge in [0.15, 0.2) is 0 Å². The van der Waals surface area contributed by atoms with Crippen molar-refractivity contribution < 1.29 is 19.4 Å². The van der Waals surface area contributed by atoms with Gasteiger partial charge in [-0.1, -0.05) is 0 Å². The van der Waals surface area contributed by atoms with Crippen molar-refractivity contribution in [3.8, 4) is 0 Å². The van der Waals surface area contributed by atoms with Gasteiger partial charge in [-0.3, -0.25) is 4.79 Å². The lowest BCUT2D eigenvalue weighted by atomic mass is 9.90. The second-order valence-corrected chi connectivity index (χ2v) is 4.99. The van der Waals surface area contributed by atoms with Crippen molar-refractivity contribution in [2.24, 2.45) is 5.73 Å². The summed E-state index contributed by atoms with van der Waals surface area (Å²) in [6.07, 6.45) is 0.0110. The third-order valence-corrected chi connectivity index (χ3v) is 2.20. The highest BCUT2D eigenvalue weighted by Gasteiger charge is 2.43. The smallest absolute Gasteiger partial charge is 0.307 e. The maximum absolute atomic E-state index is 11.4. The summed E-state index contributed by atoms with van der Waals surface area (Å²) in [7, 11) is 0. The van der Waals surface area contributed by atoms with Gasteiger partial charge in [-0.25, -0.2) is 0 Å². The van der Waals surface area contributed by atoms with Crippen molar-refractivity contribution in [2.45, 2.75) is 44.4 Å². The first kappa shape index (κ1) is 12.4. The van der Waals surface area contributed by atoms with Crippen LogP contribution in [0.2, 0.25) is 0 Å². The topological polar surface area (TPSA) is 81.8 Å². The number of hydrogen-bond acceptors (Lipinski definition) is 5. The fraction of sp³-hybridized carbons (Fsp3) is 0.900. The van der Waals surface area contributed by atoms with E-state index in [0.29, 0.717) is 0 Å². The molecule has 0 unspecified atom stereocenters. The molecule has 1 heterocycles. The van der Waals surface area contributed by atoms with E-state index in [1.54, 1.807) is 20.8 Å². The Hall–Kier alpha value is -0.650. The lowest BCUT2D eigenvalue weighted by Gasteiger charge is -2.40. The minimum Gasteiger partial charge on any atom is -0.460 e. The summed E-state index contributed by atoms with van der Waals surface area (Å²) < 4.78 is 9.96. The van der Waals surface area contributed by atoms with E-state index in [4.69, 9.17) is 15.2 Å². The van der Waals surface area contributed by atoms with E-state index < -0.39 is 23.2 Å². The summed E-state index contributed by atoms with van der Waals surface area (Å²) >= 11 is 0. The highest BCUT2D eigenvalue weighted by molar-refractivity contribution is 5.70. The molecular formula is C10H19NO4. The van der Waals surface area contributed by atoms with Crippen LogP contribution in [-0.2, 0) is 14.3 Å². The minimum atomic E-state index is -1.06. The lowest BCUT2D eigenvalue weighted by molar-refractivity contribution is -0.194. The fourth-order valence-corrected chi connectivity index (χ4v) is 1.28. The van der Waals surface area contributed by atoms with Crippen LogP contribution >= 0.6 is 0 Å². The quantitative estimate of drug-likeness (QED) is 0.640. The number of carbonyl (C=O) groups excluding carboxylic acids is 1. The first-order valence-electron chi connectivity index (χ1n) is 5.00. The maximum atomic E-state index is 11.4. The van der Waals surface area contributed by atoms with Gasteiger partial charge in [0.05, 0.1) is 19.6 Å². The van der Waals surface area contributed by atoms with Gasteiger partial charge in [-0.2, -0.15) is 0 Å². The first-order valence-corrected chi connectivity index (χ1v) is 5.00. The zero-order chi connectivity index (χ0) is 11.7. The number of esters is 1. The van der Waals surface area contributed by atoms with E-state index >= 15 is 0 Å². The van der Waals surface area contributed by atoms with E-state index in [0.717, 1.165) is 0 Å². The molecular weight excluding hydrogens is 198 g/mol. The van der Waals surface area contributed by atoms with Gasteiger partial charge in [0.25, 0.3) is 0 Å². The number of hydrogen-bond donors (Lipinski definition) is 2. The molecule has 0 aromatic carbocycles. The molecule has 1 rings (SSSR count). The van der Waals surface area contributed by atoms with Crippen molar-refractivity contribution in [1.29, 1.82) is 0 Å². The molecule has 88 valence electrons. The molecule has 1 aliphatic heterocycles. The molecule has 1 atom stereocenters. The predicted molar refractivity (Wildman–Crippen MR) is 54.2 cm³/mol. The average Bonchev–Trinajstić information content (AvgIpc) is 1.95. The van der Waals surface area contributed by atoms with Crippen LogP contribution < -0.4 is 5.73 Å². The Balaban J connectivity index is 2.38. The van der Waals surface area contributed by atoms with Gasteiger partial charge in [-0.15, -0.1) is 0 Å². The van der Waals surface area contributed by atoms with Crippen LogP contribution in [0.3, 0.4) is 0 Å². The zero-order valence-electron chi connectivity index (χ0n) is 9.45. The molecule has 0 radical (unpaired) electrons. The summed E-state index contributed by atoms with van der Waals surface area (Å²) in [6, 6.07) is -0.624. The molecule has 0 aliphatic carbocycles. The fourth-order valence-electron chi connectivity index (χ4n) is 1.28. The molecule has 1 saturated heterocycles. The Morgan fingerprint density at radius 3 is 2.47 bits per heavy atom. The highest BCUT2D eigenvalue weighted by Crippen LogP contribution is 2.22. The van der Waals surface area contributed by atoms with Crippen molar-refractivity contribution in [3.05, 3.63) is 0 Å². The molecule has 0 saturated carbocycles. The minimum absolute atomic E-state index is 0.0110. The Labute approximate surface area is 89.5 Å². The third-order valence-electron chi connectivity index (χ3n) is 2.20. The summed E-state index contributed by atoms with van der Waals surface area (Å²) in [5.41, 5.74) is 4.13. The van der Waals surface area contributed by atoms with Gasteiger partial charge in [-0.05, 0) is 20.8 Å². The molecule has 0 aromatic heterocycles. The average molecular weight is 217 g/mol. The Bertz CT molecular complexity index is 242. The SMILES string of the molecule is CC(C)(C)OC(=O)C[C@@H](N)C1(O)COC1. The molecule has 0 amide bonds. The van der Waals surface area contributed by atoms with E-state index in [9.17, 15) is 9.90 Å². The van der Waals surface area contributed by atoms with Crippen LogP contribution in [0, 0.1) is 0 Å². The Morgan fingerprint density at radius 1 is 1.60 bits per heavy atom. The summed E-state index contributed by atoms with van der Waals surface area (Å²) in [5, 5.41) is 9.77. The molecule has 5 heteroatoms. The number of nitrogens with two attached hydrogens (primary N) is 1. The van der Waals surface area contributed by atoms with Crippen LogP contribution in [0.25, 0.3) is 0 Å². The second-order valence-electron chi connectivity index (χ2n) is 4.99. The molecule has 1 aliphatic rings. The Morgan fingerprint density at radius 2 is 2.13 bits per heavy atom. The highest BCUT2D eigenvalue weighted by atomic mass is 16.6. The second kappa shape index (κ2) is 4.08. The number of aliphatic hydroxyl groups is 1. The Kier molecular flexibility index (Phi) is 3.38. The van der Waals surface area contributed by atoms with Gasteiger partial charge in [0.1, 0.15) is 11.2 Å². The van der Waals surface area contributed by atoms with Gasteiger partial charge in [0.2, 0.25) is 0 Å². The van der Waals surface area contributed by atoms with Crippen LogP contribution in [0.5, 0.6) is 0 Å². The summed E-state index contributed by atoms with van der Waals surface area (Å²) in [4.78, 5) is 11.4. The van der Waals surface area contributed by atoms with Crippen molar-refractivity contribution in [1.82, 2.24) is 0 Å². The van der Waals surface area contributed by atoms with Crippen molar-refractivity contribution in [3.63, 3.8) is 0 Å². The van der Waals surface area contributed by atoms with Gasteiger partial charge in [0, 0.05) is 6.04 Å². The van der Waals surface area contributed by atoms with Crippen LogP contribution in [0.15, 0.2) is 0 Å². The van der Waals surface area contributed by atoms with E-state index in [1.807, 2.05) is 0 Å². The maximum Gasteiger partial charge on any atom is 0.307 e. The number of carbonyl (C=O) groups is 1. The number of rotatable bonds is 3. The van der Waals surface area contributed by atoms with Crippen molar-refractivity contribution >= 4 is 5.97 Å². The largest absolute Gasteiger partial charge is 0.460 e. The van der Waals surface area contributed by atoms with Crippen molar-refractivity contribution in [2.75, 3.05) is 13.2 Å². The molecule has 15 heavy (non-hydrogen) atoms. The third kappa shape index (κ3) is 3.44. The van der Waals surface area contributed by atoms with E-state index in [1.165, 1.54) is 0 Å². The molecule has 3 N–H and O–H groups in total. The zero-order valence-corrected chi connectivity index (χ0v) is 9.45. The van der Waals surface area contributed by atoms with Gasteiger partial charge < -0.3 is 20.3 Å². The lowest BCUT2D eigenvalue weighted by Crippen LogP contribution is -2.62. The molecule has 1 fully saturated rings. The summed E-state index contributed by atoms with van der Waals surface area (Å²) in [6.45, 7) is 5.75. The summed E-state index contributed by atoms with van der Waals surface area (Å²) in [5.74, 6) is -0.393. The molecule has 5 nitrogen and oxygen atoms in total. The van der Waals surface area contributed by atoms with Crippen LogP contribution in [0.4, 0.5) is 0 Å². The van der Waals surface area contributed by atoms with Gasteiger partial charge >= 0.3 is 5.97 Å². The number of ether oxygens (including phenoxy) is 2. The van der Waals surface area contributed by atoms with Crippen LogP contribution in [0.1, 0.15) is 27.2 Å². The standard InChI is InChI=1S/C10H19NO4/c1-9(2,3)15-8(12)4-7(11)10(13)5-14-6-10/h7,13H,4-6,11H2,1-3H3/t7-/m1/s1. The molecule has 0 bridgehead atoms.